The summed E-state index contributed by atoms with van der Waals surface area (Å²) in [6, 6.07) is 9.18. The van der Waals surface area contributed by atoms with Crippen LogP contribution in [-0.4, -0.2) is 31.5 Å². The fourth-order valence-electron chi connectivity index (χ4n) is 2.84. The van der Waals surface area contributed by atoms with Gasteiger partial charge in [0.25, 0.3) is 10.0 Å². The van der Waals surface area contributed by atoms with E-state index >= 15 is 0 Å². The first kappa shape index (κ1) is 16.7. The van der Waals surface area contributed by atoms with Gasteiger partial charge >= 0.3 is 0 Å². The maximum atomic E-state index is 12.8. The Balaban J connectivity index is 1.94. The molecule has 3 rings (SSSR count). The van der Waals surface area contributed by atoms with Gasteiger partial charge in [-0.3, -0.25) is 9.62 Å². The summed E-state index contributed by atoms with van der Waals surface area (Å²) in [5, 5.41) is 0. The highest BCUT2D eigenvalue weighted by Crippen LogP contribution is 2.32. The van der Waals surface area contributed by atoms with E-state index < -0.39 is 10.0 Å². The Hall–Kier alpha value is -2.12. The van der Waals surface area contributed by atoms with Crippen molar-refractivity contribution in [2.45, 2.75) is 37.9 Å². The molecule has 1 aliphatic rings. The van der Waals surface area contributed by atoms with Crippen LogP contribution in [0.1, 0.15) is 25.0 Å². The molecule has 0 aliphatic carbocycles. The van der Waals surface area contributed by atoms with Crippen LogP contribution in [0.5, 0.6) is 5.88 Å². The number of anilines is 1. The number of nitrogens with zero attached hydrogens (tertiary/aromatic N) is 2. The van der Waals surface area contributed by atoms with Crippen molar-refractivity contribution in [1.82, 2.24) is 9.88 Å². The van der Waals surface area contributed by atoms with Gasteiger partial charge in [-0.15, -0.1) is 0 Å². The van der Waals surface area contributed by atoms with Gasteiger partial charge < -0.3 is 4.74 Å². The Morgan fingerprint density at radius 1 is 1.21 bits per heavy atom. The number of ether oxygens (including phenoxy) is 1. The second kappa shape index (κ2) is 6.41. The van der Waals surface area contributed by atoms with Crippen LogP contribution >= 0.6 is 0 Å². The normalized spacial score (nSPS) is 14.7. The topological polar surface area (TPSA) is 71.5 Å². The first-order valence-corrected chi connectivity index (χ1v) is 9.27. The van der Waals surface area contributed by atoms with Gasteiger partial charge in [0.15, 0.2) is 0 Å². The number of benzene rings is 1. The van der Waals surface area contributed by atoms with E-state index in [-0.39, 0.29) is 10.8 Å². The van der Waals surface area contributed by atoms with Crippen LogP contribution in [0.15, 0.2) is 41.4 Å². The molecule has 24 heavy (non-hydrogen) atoms. The SMILES string of the molecule is COc1ncccc1S(=O)(=O)Nc1cccc2c1CN(C(C)C)C2. The number of rotatable bonds is 5. The molecule has 0 amide bonds. The lowest BCUT2D eigenvalue weighted by atomic mass is 10.1. The molecule has 1 aromatic heterocycles. The van der Waals surface area contributed by atoms with Crippen LogP contribution in [0.3, 0.4) is 0 Å². The van der Waals surface area contributed by atoms with Crippen molar-refractivity contribution in [3.63, 3.8) is 0 Å². The van der Waals surface area contributed by atoms with E-state index in [9.17, 15) is 8.42 Å². The van der Waals surface area contributed by atoms with E-state index in [1.165, 1.54) is 19.4 Å². The third kappa shape index (κ3) is 3.09. The van der Waals surface area contributed by atoms with Gasteiger partial charge in [0, 0.05) is 25.3 Å². The number of hydrogen-bond acceptors (Lipinski definition) is 5. The minimum Gasteiger partial charge on any atom is -0.480 e. The van der Waals surface area contributed by atoms with Crippen LogP contribution in [0.2, 0.25) is 0 Å². The van der Waals surface area contributed by atoms with Crippen molar-refractivity contribution >= 4 is 15.7 Å². The van der Waals surface area contributed by atoms with Crippen molar-refractivity contribution in [1.29, 1.82) is 0 Å². The molecule has 128 valence electrons. The predicted octanol–water partition coefficient (Wildman–Crippen LogP) is 2.62. The van der Waals surface area contributed by atoms with Crippen LogP contribution < -0.4 is 9.46 Å². The third-order valence-electron chi connectivity index (χ3n) is 4.20. The molecular formula is C17H21N3O3S. The van der Waals surface area contributed by atoms with Gasteiger partial charge in [-0.2, -0.15) is 0 Å². The van der Waals surface area contributed by atoms with Crippen molar-refractivity contribution in [2.75, 3.05) is 11.8 Å². The van der Waals surface area contributed by atoms with E-state index in [1.807, 2.05) is 12.1 Å². The molecule has 0 radical (unpaired) electrons. The molecule has 2 heterocycles. The minimum atomic E-state index is -3.77. The average Bonchev–Trinajstić information content (AvgIpc) is 3.00. The first-order chi connectivity index (χ1) is 11.4. The molecule has 0 saturated carbocycles. The van der Waals surface area contributed by atoms with E-state index in [1.54, 1.807) is 12.1 Å². The molecule has 1 aromatic carbocycles. The summed E-state index contributed by atoms with van der Waals surface area (Å²) >= 11 is 0. The number of sulfonamides is 1. The van der Waals surface area contributed by atoms with Gasteiger partial charge in [0.2, 0.25) is 5.88 Å². The summed E-state index contributed by atoms with van der Waals surface area (Å²) in [5.41, 5.74) is 2.79. The molecule has 0 atom stereocenters. The number of fused-ring (bicyclic) bond motifs is 1. The molecule has 0 unspecified atom stereocenters. The smallest absolute Gasteiger partial charge is 0.267 e. The molecule has 1 N–H and O–H groups in total. The second-order valence-electron chi connectivity index (χ2n) is 6.06. The zero-order chi connectivity index (χ0) is 17.3. The van der Waals surface area contributed by atoms with Crippen molar-refractivity contribution < 1.29 is 13.2 Å². The molecule has 7 heteroatoms. The highest BCUT2D eigenvalue weighted by atomic mass is 32.2. The Morgan fingerprint density at radius 3 is 2.71 bits per heavy atom. The summed E-state index contributed by atoms with van der Waals surface area (Å²) in [7, 11) is -2.37. The van der Waals surface area contributed by atoms with Crippen LogP contribution in [0.4, 0.5) is 5.69 Å². The number of aromatic nitrogens is 1. The highest BCUT2D eigenvalue weighted by Gasteiger charge is 2.26. The fourth-order valence-corrected chi connectivity index (χ4v) is 4.06. The Kier molecular flexibility index (Phi) is 4.47. The van der Waals surface area contributed by atoms with Gasteiger partial charge in [-0.25, -0.2) is 13.4 Å². The monoisotopic (exact) mass is 347 g/mol. The van der Waals surface area contributed by atoms with Crippen molar-refractivity contribution in [3.8, 4) is 5.88 Å². The standard InChI is InChI=1S/C17H21N3O3S/c1-12(2)20-10-13-6-4-7-15(14(13)11-20)19-24(21,22)16-8-5-9-18-17(16)23-3/h4-9,12,19H,10-11H2,1-3H3. The molecule has 6 nitrogen and oxygen atoms in total. The van der Waals surface area contributed by atoms with Crippen molar-refractivity contribution in [3.05, 3.63) is 47.7 Å². The van der Waals surface area contributed by atoms with Crippen LogP contribution in [0, 0.1) is 0 Å². The van der Waals surface area contributed by atoms with E-state index in [4.69, 9.17) is 4.74 Å². The maximum absolute atomic E-state index is 12.8. The Morgan fingerprint density at radius 2 is 2.00 bits per heavy atom. The number of nitrogens with one attached hydrogen (secondary N) is 1. The molecule has 2 aromatic rings. The lowest BCUT2D eigenvalue weighted by molar-refractivity contribution is 0.227. The molecular weight excluding hydrogens is 326 g/mol. The van der Waals surface area contributed by atoms with E-state index in [2.05, 4.69) is 28.5 Å². The molecule has 0 bridgehead atoms. The van der Waals surface area contributed by atoms with Crippen LogP contribution in [-0.2, 0) is 23.1 Å². The third-order valence-corrected chi connectivity index (χ3v) is 5.58. The zero-order valence-corrected chi connectivity index (χ0v) is 14.8. The summed E-state index contributed by atoms with van der Waals surface area (Å²) in [6.45, 7) is 5.83. The largest absolute Gasteiger partial charge is 0.480 e. The van der Waals surface area contributed by atoms with E-state index in [0.717, 1.165) is 24.2 Å². The van der Waals surface area contributed by atoms with Crippen molar-refractivity contribution in [2.24, 2.45) is 0 Å². The second-order valence-corrected chi connectivity index (χ2v) is 7.71. The molecule has 0 spiro atoms. The lowest BCUT2D eigenvalue weighted by Gasteiger charge is -2.19. The highest BCUT2D eigenvalue weighted by molar-refractivity contribution is 7.92. The van der Waals surface area contributed by atoms with Crippen LogP contribution in [0.25, 0.3) is 0 Å². The molecule has 0 fully saturated rings. The molecule has 1 aliphatic heterocycles. The Labute approximate surface area is 142 Å². The maximum Gasteiger partial charge on any atom is 0.267 e. The minimum absolute atomic E-state index is 0.0313. The molecule has 0 saturated heterocycles. The number of methoxy groups -OCH3 is 1. The lowest BCUT2D eigenvalue weighted by Crippen LogP contribution is -2.24. The first-order valence-electron chi connectivity index (χ1n) is 7.79. The summed E-state index contributed by atoms with van der Waals surface area (Å²) in [6.07, 6.45) is 1.50. The quantitative estimate of drug-likeness (QED) is 0.900. The van der Waals surface area contributed by atoms with Gasteiger partial charge in [0.05, 0.1) is 12.8 Å². The summed E-state index contributed by atoms with van der Waals surface area (Å²) in [4.78, 5) is 6.29. The Bertz CT molecular complexity index is 850. The van der Waals surface area contributed by atoms with E-state index in [0.29, 0.717) is 11.7 Å². The van der Waals surface area contributed by atoms with Gasteiger partial charge in [0.1, 0.15) is 4.90 Å². The summed E-state index contributed by atoms with van der Waals surface area (Å²) in [5.74, 6) is 0.0846. The average molecular weight is 347 g/mol. The predicted molar refractivity (Wildman–Crippen MR) is 92.4 cm³/mol. The van der Waals surface area contributed by atoms with Gasteiger partial charge in [-0.1, -0.05) is 12.1 Å². The van der Waals surface area contributed by atoms with Gasteiger partial charge in [-0.05, 0) is 43.2 Å². The summed E-state index contributed by atoms with van der Waals surface area (Å²) < 4.78 is 33.3. The number of hydrogen-bond donors (Lipinski definition) is 1. The zero-order valence-electron chi connectivity index (χ0n) is 14.0. The number of pyridine rings is 1. The fraction of sp³-hybridized carbons (Fsp3) is 0.353.